The van der Waals surface area contributed by atoms with Gasteiger partial charge in [0.05, 0.1) is 4.92 Å². The van der Waals surface area contributed by atoms with Crippen LogP contribution in [-0.4, -0.2) is 15.5 Å². The number of amides is 1. The minimum atomic E-state index is -0.512. The SMILES string of the molecule is Cc1ccc(C)n1NC(=O)/C(C#N)=C\c1cccc(OCc2ccc([N+](=O)[O-])cc2)c1. The van der Waals surface area contributed by atoms with Gasteiger partial charge < -0.3 is 4.74 Å². The molecule has 0 saturated carbocycles. The van der Waals surface area contributed by atoms with E-state index >= 15 is 0 Å². The highest BCUT2D eigenvalue weighted by molar-refractivity contribution is 6.06. The van der Waals surface area contributed by atoms with Crippen LogP contribution in [0.2, 0.25) is 0 Å². The average Bonchev–Trinajstić information content (AvgIpc) is 3.08. The summed E-state index contributed by atoms with van der Waals surface area (Å²) in [5.41, 5.74) is 5.80. The van der Waals surface area contributed by atoms with Crippen molar-refractivity contribution in [2.24, 2.45) is 0 Å². The molecule has 1 heterocycles. The van der Waals surface area contributed by atoms with Crippen LogP contribution in [0.4, 0.5) is 5.69 Å². The number of aryl methyl sites for hydroxylation is 2. The number of hydrogen-bond donors (Lipinski definition) is 1. The van der Waals surface area contributed by atoms with Gasteiger partial charge in [-0.25, -0.2) is 0 Å². The summed E-state index contributed by atoms with van der Waals surface area (Å²) in [5.74, 6) is 0.0315. The van der Waals surface area contributed by atoms with Crippen LogP contribution in [0.1, 0.15) is 22.5 Å². The zero-order valence-electron chi connectivity index (χ0n) is 17.0. The van der Waals surface area contributed by atoms with Gasteiger partial charge in [-0.05, 0) is 67.4 Å². The first-order valence-electron chi connectivity index (χ1n) is 9.41. The molecule has 8 nitrogen and oxygen atoms in total. The van der Waals surface area contributed by atoms with Gasteiger partial charge in [-0.2, -0.15) is 5.26 Å². The van der Waals surface area contributed by atoms with Crippen LogP contribution in [0.3, 0.4) is 0 Å². The zero-order chi connectivity index (χ0) is 22.4. The number of aromatic nitrogens is 1. The van der Waals surface area contributed by atoms with Crippen LogP contribution in [0.5, 0.6) is 5.75 Å². The van der Waals surface area contributed by atoms with Crippen LogP contribution in [-0.2, 0) is 11.4 Å². The molecule has 0 spiro atoms. The second kappa shape index (κ2) is 9.41. The minimum Gasteiger partial charge on any atom is -0.489 e. The molecule has 3 rings (SSSR count). The number of hydrogen-bond acceptors (Lipinski definition) is 5. The third kappa shape index (κ3) is 5.36. The normalized spacial score (nSPS) is 10.9. The minimum absolute atomic E-state index is 0.0171. The topological polar surface area (TPSA) is 110 Å². The van der Waals surface area contributed by atoms with Crippen molar-refractivity contribution in [2.45, 2.75) is 20.5 Å². The van der Waals surface area contributed by atoms with E-state index in [9.17, 15) is 20.2 Å². The molecule has 0 aliphatic carbocycles. The Labute approximate surface area is 179 Å². The van der Waals surface area contributed by atoms with E-state index in [-0.39, 0.29) is 17.9 Å². The van der Waals surface area contributed by atoms with E-state index < -0.39 is 10.8 Å². The van der Waals surface area contributed by atoms with Gasteiger partial charge >= 0.3 is 0 Å². The van der Waals surface area contributed by atoms with E-state index in [1.54, 1.807) is 41.1 Å². The lowest BCUT2D eigenvalue weighted by atomic mass is 10.1. The number of nitrogens with zero attached hydrogens (tertiary/aromatic N) is 3. The molecule has 0 fully saturated rings. The summed E-state index contributed by atoms with van der Waals surface area (Å²) in [4.78, 5) is 22.8. The fourth-order valence-electron chi connectivity index (χ4n) is 2.90. The molecule has 0 aliphatic rings. The fourth-order valence-corrected chi connectivity index (χ4v) is 2.90. The molecule has 31 heavy (non-hydrogen) atoms. The van der Waals surface area contributed by atoms with E-state index in [2.05, 4.69) is 5.43 Å². The van der Waals surface area contributed by atoms with Gasteiger partial charge in [-0.1, -0.05) is 12.1 Å². The first kappa shape index (κ1) is 21.3. The molecule has 0 bridgehead atoms. The number of nitro benzene ring substituents is 1. The molecule has 0 radical (unpaired) electrons. The summed E-state index contributed by atoms with van der Waals surface area (Å²) in [7, 11) is 0. The Hall–Kier alpha value is -4.38. The first-order chi connectivity index (χ1) is 14.9. The Balaban J connectivity index is 1.70. The van der Waals surface area contributed by atoms with Gasteiger partial charge in [0.2, 0.25) is 0 Å². The first-order valence-corrected chi connectivity index (χ1v) is 9.41. The Bertz CT molecular complexity index is 1170. The number of nitriles is 1. The molecule has 1 N–H and O–H groups in total. The molecule has 0 unspecified atom stereocenters. The van der Waals surface area contributed by atoms with Gasteiger partial charge in [0.1, 0.15) is 24.0 Å². The van der Waals surface area contributed by atoms with E-state index in [1.807, 2.05) is 32.0 Å². The molecule has 156 valence electrons. The Morgan fingerprint density at radius 1 is 1.16 bits per heavy atom. The molecule has 0 aliphatic heterocycles. The van der Waals surface area contributed by atoms with Gasteiger partial charge in [-0.3, -0.25) is 25.0 Å². The highest BCUT2D eigenvalue weighted by Gasteiger charge is 2.12. The Morgan fingerprint density at radius 3 is 2.45 bits per heavy atom. The number of rotatable bonds is 7. The molecule has 0 atom stereocenters. The second-order valence-corrected chi connectivity index (χ2v) is 6.85. The van der Waals surface area contributed by atoms with Crippen molar-refractivity contribution in [2.75, 3.05) is 5.43 Å². The van der Waals surface area contributed by atoms with E-state index in [0.717, 1.165) is 17.0 Å². The lowest BCUT2D eigenvalue weighted by Gasteiger charge is -2.11. The van der Waals surface area contributed by atoms with Crippen molar-refractivity contribution >= 4 is 17.7 Å². The Kier molecular flexibility index (Phi) is 6.48. The molecule has 2 aromatic carbocycles. The lowest BCUT2D eigenvalue weighted by Crippen LogP contribution is -2.25. The largest absolute Gasteiger partial charge is 0.489 e. The van der Waals surface area contributed by atoms with Crippen LogP contribution < -0.4 is 10.2 Å². The fraction of sp³-hybridized carbons (Fsp3) is 0.130. The molecule has 1 aromatic heterocycles. The molecular formula is C23H20N4O4. The van der Waals surface area contributed by atoms with E-state index in [0.29, 0.717) is 11.3 Å². The number of nitrogens with one attached hydrogen (secondary N) is 1. The second-order valence-electron chi connectivity index (χ2n) is 6.85. The van der Waals surface area contributed by atoms with E-state index in [4.69, 9.17) is 4.74 Å². The van der Waals surface area contributed by atoms with Gasteiger partial charge in [0.15, 0.2) is 0 Å². The molecular weight excluding hydrogens is 396 g/mol. The number of carbonyl (C=O) groups excluding carboxylic acids is 1. The van der Waals surface area contributed by atoms with Crippen LogP contribution >= 0.6 is 0 Å². The van der Waals surface area contributed by atoms with Crippen molar-refractivity contribution in [3.05, 3.63) is 98.9 Å². The zero-order valence-corrected chi connectivity index (χ0v) is 17.0. The van der Waals surface area contributed by atoms with Crippen molar-refractivity contribution in [3.63, 3.8) is 0 Å². The highest BCUT2D eigenvalue weighted by Crippen LogP contribution is 2.19. The van der Waals surface area contributed by atoms with Crippen LogP contribution in [0, 0.1) is 35.3 Å². The summed E-state index contributed by atoms with van der Waals surface area (Å²) >= 11 is 0. The third-order valence-electron chi connectivity index (χ3n) is 4.57. The third-order valence-corrected chi connectivity index (χ3v) is 4.57. The van der Waals surface area contributed by atoms with Crippen molar-refractivity contribution in [1.29, 1.82) is 5.26 Å². The van der Waals surface area contributed by atoms with Gasteiger partial charge in [-0.15, -0.1) is 0 Å². The molecule has 8 heteroatoms. The predicted octanol–water partition coefficient (Wildman–Crippen LogP) is 4.27. The quantitative estimate of drug-likeness (QED) is 0.268. The molecule has 0 saturated heterocycles. The number of carbonyl (C=O) groups is 1. The summed E-state index contributed by atoms with van der Waals surface area (Å²) in [5, 5.41) is 20.2. The lowest BCUT2D eigenvalue weighted by molar-refractivity contribution is -0.384. The highest BCUT2D eigenvalue weighted by atomic mass is 16.6. The number of benzene rings is 2. The Morgan fingerprint density at radius 2 is 1.84 bits per heavy atom. The maximum absolute atomic E-state index is 12.5. The maximum atomic E-state index is 12.5. The maximum Gasteiger partial charge on any atom is 0.280 e. The van der Waals surface area contributed by atoms with Crippen LogP contribution in [0.25, 0.3) is 6.08 Å². The monoisotopic (exact) mass is 416 g/mol. The predicted molar refractivity (Wildman–Crippen MR) is 116 cm³/mol. The van der Waals surface area contributed by atoms with Crippen molar-refractivity contribution < 1.29 is 14.5 Å². The summed E-state index contributed by atoms with van der Waals surface area (Å²) in [6.07, 6.45) is 1.49. The molecule has 1 amide bonds. The van der Waals surface area contributed by atoms with Gasteiger partial charge in [0.25, 0.3) is 11.6 Å². The number of nitro groups is 1. The smallest absolute Gasteiger partial charge is 0.280 e. The average molecular weight is 416 g/mol. The summed E-state index contributed by atoms with van der Waals surface area (Å²) < 4.78 is 7.36. The standard InChI is InChI=1S/C23H20N4O4/c1-16-6-7-17(2)26(16)25-23(28)20(14-24)12-19-4-3-5-22(13-19)31-15-18-8-10-21(11-9-18)27(29)30/h3-13H,15H2,1-2H3,(H,25,28)/b20-12-. The van der Waals surface area contributed by atoms with Gasteiger partial charge in [0, 0.05) is 23.5 Å². The molecule has 3 aromatic rings. The van der Waals surface area contributed by atoms with Crippen molar-refractivity contribution in [1.82, 2.24) is 4.68 Å². The van der Waals surface area contributed by atoms with Crippen LogP contribution in [0.15, 0.2) is 66.2 Å². The number of non-ortho nitro benzene ring substituents is 1. The van der Waals surface area contributed by atoms with Crippen molar-refractivity contribution in [3.8, 4) is 11.8 Å². The summed E-state index contributed by atoms with van der Waals surface area (Å²) in [6, 6.07) is 18.8. The van der Waals surface area contributed by atoms with E-state index in [1.165, 1.54) is 18.2 Å². The number of ether oxygens (including phenoxy) is 1. The summed E-state index contributed by atoms with van der Waals surface area (Å²) in [6.45, 7) is 3.94.